The Labute approximate surface area is 115 Å². The summed E-state index contributed by atoms with van der Waals surface area (Å²) in [5.74, 6) is -1.50. The van der Waals surface area contributed by atoms with Crippen molar-refractivity contribution in [2.45, 2.75) is 20.0 Å². The zero-order valence-corrected chi connectivity index (χ0v) is 11.2. The van der Waals surface area contributed by atoms with Crippen molar-refractivity contribution in [3.05, 3.63) is 24.0 Å². The largest absolute Gasteiger partial charge is 0.448 e. The van der Waals surface area contributed by atoms with E-state index >= 15 is 0 Å². The van der Waals surface area contributed by atoms with Gasteiger partial charge in [-0.15, -0.1) is 0 Å². The second-order valence-corrected chi connectivity index (χ2v) is 3.87. The molecule has 0 spiro atoms. The van der Waals surface area contributed by atoms with Crippen LogP contribution in [0.2, 0.25) is 0 Å². The molecule has 0 aliphatic rings. The molecule has 1 aromatic rings. The number of pyridine rings is 1. The molecule has 0 aliphatic heterocycles. The van der Waals surface area contributed by atoms with Crippen LogP contribution in [0.15, 0.2) is 18.3 Å². The lowest BCUT2D eigenvalue weighted by Gasteiger charge is -2.12. The second-order valence-electron chi connectivity index (χ2n) is 3.87. The average molecular weight is 280 g/mol. The van der Waals surface area contributed by atoms with Gasteiger partial charge in [0, 0.05) is 6.54 Å². The Bertz CT molecular complexity index is 501. The summed E-state index contributed by atoms with van der Waals surface area (Å²) in [5, 5.41) is 4.42. The number of esters is 1. The van der Waals surface area contributed by atoms with Crippen LogP contribution in [0.3, 0.4) is 0 Å². The number of amides is 3. The van der Waals surface area contributed by atoms with Gasteiger partial charge in [0.1, 0.15) is 5.69 Å². The van der Waals surface area contributed by atoms with Gasteiger partial charge in [-0.25, -0.2) is 14.6 Å². The third-order valence-corrected chi connectivity index (χ3v) is 2.22. The summed E-state index contributed by atoms with van der Waals surface area (Å²) >= 11 is 0. The van der Waals surface area contributed by atoms with Crippen molar-refractivity contribution >= 4 is 23.6 Å². The number of urea groups is 1. The highest BCUT2D eigenvalue weighted by Gasteiger charge is 2.21. The van der Waals surface area contributed by atoms with E-state index in [0.29, 0.717) is 12.2 Å². The molecule has 1 rings (SSSR count). The van der Waals surface area contributed by atoms with Crippen molar-refractivity contribution in [2.24, 2.45) is 0 Å². The number of nitrogens with zero attached hydrogens (tertiary/aromatic N) is 1. The number of rotatable bonds is 4. The third kappa shape index (κ3) is 4.56. The molecule has 1 unspecified atom stereocenters. The van der Waals surface area contributed by atoms with Crippen molar-refractivity contribution in [1.29, 1.82) is 0 Å². The summed E-state index contributed by atoms with van der Waals surface area (Å²) in [4.78, 5) is 38.1. The first-order chi connectivity index (χ1) is 9.43. The van der Waals surface area contributed by atoms with Gasteiger partial charge >= 0.3 is 12.0 Å². The van der Waals surface area contributed by atoms with Gasteiger partial charge < -0.3 is 15.8 Å². The van der Waals surface area contributed by atoms with Crippen molar-refractivity contribution in [1.82, 2.24) is 15.6 Å². The van der Waals surface area contributed by atoms with E-state index < -0.39 is 24.0 Å². The molecule has 8 nitrogen and oxygen atoms in total. The second kappa shape index (κ2) is 7.07. The van der Waals surface area contributed by atoms with Crippen LogP contribution in [-0.4, -0.2) is 35.5 Å². The molecule has 0 saturated heterocycles. The molecule has 1 heterocycles. The zero-order valence-electron chi connectivity index (χ0n) is 11.2. The number of hydrogen-bond donors (Lipinski definition) is 3. The van der Waals surface area contributed by atoms with E-state index in [1.165, 1.54) is 25.3 Å². The first-order valence-electron chi connectivity index (χ1n) is 5.95. The third-order valence-electron chi connectivity index (χ3n) is 2.22. The summed E-state index contributed by atoms with van der Waals surface area (Å²) in [6.07, 6.45) is 0.181. The van der Waals surface area contributed by atoms with Gasteiger partial charge in [-0.3, -0.25) is 10.1 Å². The molecule has 0 radical (unpaired) electrons. The minimum absolute atomic E-state index is 0.0249. The van der Waals surface area contributed by atoms with Crippen LogP contribution in [0.25, 0.3) is 0 Å². The van der Waals surface area contributed by atoms with Crippen molar-refractivity contribution in [3.63, 3.8) is 0 Å². The number of nitrogens with one attached hydrogen (secondary N) is 2. The fourth-order valence-electron chi connectivity index (χ4n) is 1.22. The van der Waals surface area contributed by atoms with Gasteiger partial charge in [-0.2, -0.15) is 0 Å². The lowest BCUT2D eigenvalue weighted by Crippen LogP contribution is -2.44. The minimum atomic E-state index is -1.12. The highest BCUT2D eigenvalue weighted by atomic mass is 16.5. The molecular weight excluding hydrogens is 264 g/mol. The zero-order chi connectivity index (χ0) is 15.1. The summed E-state index contributed by atoms with van der Waals surface area (Å²) in [5.41, 5.74) is 5.87. The van der Waals surface area contributed by atoms with Gasteiger partial charge in [0.25, 0.3) is 5.91 Å². The average Bonchev–Trinajstić information content (AvgIpc) is 2.39. The highest BCUT2D eigenvalue weighted by Crippen LogP contribution is 2.04. The minimum Gasteiger partial charge on any atom is -0.448 e. The Morgan fingerprint density at radius 3 is 2.65 bits per heavy atom. The van der Waals surface area contributed by atoms with Gasteiger partial charge in [0.15, 0.2) is 6.10 Å². The molecule has 108 valence electrons. The molecule has 3 amide bonds. The number of carbonyl (C=O) groups excluding carboxylic acids is 3. The smallest absolute Gasteiger partial charge is 0.357 e. The summed E-state index contributed by atoms with van der Waals surface area (Å²) in [6, 6.07) is 2.22. The van der Waals surface area contributed by atoms with E-state index in [1.54, 1.807) is 6.92 Å². The molecule has 0 fully saturated rings. The van der Waals surface area contributed by atoms with Crippen LogP contribution in [-0.2, 0) is 9.53 Å². The van der Waals surface area contributed by atoms with Crippen LogP contribution in [0.1, 0.15) is 24.3 Å². The number of imide groups is 1. The Kier molecular flexibility index (Phi) is 5.45. The van der Waals surface area contributed by atoms with E-state index in [4.69, 9.17) is 10.5 Å². The van der Waals surface area contributed by atoms with E-state index in [1.807, 2.05) is 5.32 Å². The van der Waals surface area contributed by atoms with Gasteiger partial charge in [0.05, 0.1) is 11.9 Å². The Morgan fingerprint density at radius 1 is 1.40 bits per heavy atom. The molecule has 1 aromatic heterocycles. The van der Waals surface area contributed by atoms with Gasteiger partial charge in [0.2, 0.25) is 0 Å². The highest BCUT2D eigenvalue weighted by molar-refractivity contribution is 5.98. The molecule has 0 saturated carbocycles. The van der Waals surface area contributed by atoms with E-state index in [0.717, 1.165) is 0 Å². The molecular formula is C12H16N4O4. The normalized spacial score (nSPS) is 11.3. The first-order valence-corrected chi connectivity index (χ1v) is 5.95. The Balaban J connectivity index is 2.54. The number of nitrogen functional groups attached to an aromatic ring is 1. The van der Waals surface area contributed by atoms with Crippen LogP contribution in [0, 0.1) is 0 Å². The monoisotopic (exact) mass is 280 g/mol. The van der Waals surface area contributed by atoms with Crippen molar-refractivity contribution < 1.29 is 19.1 Å². The molecule has 0 aromatic carbocycles. The number of carbonyl (C=O) groups is 3. The lowest BCUT2D eigenvalue weighted by atomic mass is 10.3. The SMILES string of the molecule is CCNC(=O)NC(=O)C(C)OC(=O)c1ccc(N)cn1. The van der Waals surface area contributed by atoms with E-state index in [2.05, 4.69) is 10.3 Å². The van der Waals surface area contributed by atoms with Crippen LogP contribution in [0.5, 0.6) is 0 Å². The number of hydrogen-bond acceptors (Lipinski definition) is 6. The Morgan fingerprint density at radius 2 is 2.10 bits per heavy atom. The summed E-state index contributed by atoms with van der Waals surface area (Å²) in [6.45, 7) is 3.44. The summed E-state index contributed by atoms with van der Waals surface area (Å²) < 4.78 is 4.88. The van der Waals surface area contributed by atoms with Gasteiger partial charge in [-0.05, 0) is 26.0 Å². The standard InChI is InChI=1S/C12H16N4O4/c1-3-14-12(19)16-10(17)7(2)20-11(18)9-5-4-8(13)6-15-9/h4-7H,3,13H2,1-2H3,(H2,14,16,17,19). The number of nitrogens with two attached hydrogens (primary N) is 1. The van der Waals surface area contributed by atoms with Crippen LogP contribution < -0.4 is 16.4 Å². The number of aromatic nitrogens is 1. The van der Waals surface area contributed by atoms with Crippen LogP contribution >= 0.6 is 0 Å². The molecule has 8 heteroatoms. The predicted octanol–water partition coefficient (Wildman–Crippen LogP) is 0.0548. The molecule has 0 bridgehead atoms. The van der Waals surface area contributed by atoms with Crippen molar-refractivity contribution in [3.8, 4) is 0 Å². The van der Waals surface area contributed by atoms with Crippen molar-refractivity contribution in [2.75, 3.05) is 12.3 Å². The fraction of sp³-hybridized carbons (Fsp3) is 0.333. The fourth-order valence-corrected chi connectivity index (χ4v) is 1.22. The van der Waals surface area contributed by atoms with Gasteiger partial charge in [-0.1, -0.05) is 0 Å². The quantitative estimate of drug-likeness (QED) is 0.670. The summed E-state index contributed by atoms with van der Waals surface area (Å²) in [7, 11) is 0. The van der Waals surface area contributed by atoms with E-state index in [-0.39, 0.29) is 5.69 Å². The number of anilines is 1. The van der Waals surface area contributed by atoms with E-state index in [9.17, 15) is 14.4 Å². The topological polar surface area (TPSA) is 123 Å². The molecule has 20 heavy (non-hydrogen) atoms. The molecule has 0 aliphatic carbocycles. The predicted molar refractivity (Wildman–Crippen MR) is 70.7 cm³/mol. The maximum Gasteiger partial charge on any atom is 0.357 e. The molecule has 1 atom stereocenters. The maximum atomic E-state index is 11.7. The van der Waals surface area contributed by atoms with Crippen LogP contribution in [0.4, 0.5) is 10.5 Å². The Hall–Kier alpha value is -2.64. The lowest BCUT2D eigenvalue weighted by molar-refractivity contribution is -0.127. The number of ether oxygens (including phenoxy) is 1. The maximum absolute atomic E-state index is 11.7. The first kappa shape index (κ1) is 15.4. The molecule has 4 N–H and O–H groups in total.